The second-order valence-electron chi connectivity index (χ2n) is 7.68. The highest BCUT2D eigenvalue weighted by Crippen LogP contribution is 2.30. The van der Waals surface area contributed by atoms with Crippen molar-refractivity contribution in [3.05, 3.63) is 64.2 Å². The summed E-state index contributed by atoms with van der Waals surface area (Å²) in [6.07, 6.45) is 1.09. The van der Waals surface area contributed by atoms with Gasteiger partial charge in [0, 0.05) is 51.5 Å². The van der Waals surface area contributed by atoms with Crippen molar-refractivity contribution < 1.29 is 19.2 Å². The highest BCUT2D eigenvalue weighted by Gasteiger charge is 2.28. The molecule has 30 heavy (non-hydrogen) atoms. The third kappa shape index (κ3) is 4.77. The first kappa shape index (κ1) is 20.3. The standard InChI is InChI=1S/C22H25N3O5/c26-22(24-11-9-23(10-12-24)15-17-8-13-29-16-17)20-14-18(25(27)28)6-7-21(20)30-19-4-2-1-3-5-19/h1-7,14,17H,8-13,15-16H2/t17-/m1/s1. The molecule has 2 fully saturated rings. The Kier molecular flexibility index (Phi) is 6.25. The molecule has 0 spiro atoms. The number of para-hydroxylation sites is 1. The Bertz CT molecular complexity index is 891. The number of benzene rings is 2. The van der Waals surface area contributed by atoms with Gasteiger partial charge in [-0.25, -0.2) is 0 Å². The third-order valence-corrected chi connectivity index (χ3v) is 5.58. The molecular formula is C22H25N3O5. The number of hydrogen-bond donors (Lipinski definition) is 0. The smallest absolute Gasteiger partial charge is 0.270 e. The lowest BCUT2D eigenvalue weighted by Gasteiger charge is -2.36. The first-order valence-corrected chi connectivity index (χ1v) is 10.2. The predicted octanol–water partition coefficient (Wildman–Crippen LogP) is 3.18. The summed E-state index contributed by atoms with van der Waals surface area (Å²) < 4.78 is 11.3. The van der Waals surface area contributed by atoms with Gasteiger partial charge in [0.2, 0.25) is 0 Å². The molecule has 2 aromatic carbocycles. The first-order valence-electron chi connectivity index (χ1n) is 10.2. The molecule has 4 rings (SSSR count). The summed E-state index contributed by atoms with van der Waals surface area (Å²) in [5.41, 5.74) is 0.0873. The van der Waals surface area contributed by atoms with Gasteiger partial charge in [-0.1, -0.05) is 18.2 Å². The molecule has 0 N–H and O–H groups in total. The SMILES string of the molecule is O=C(c1cc([N+](=O)[O-])ccc1Oc1ccccc1)N1CCN(C[C@H]2CCOC2)CC1. The van der Waals surface area contributed by atoms with E-state index in [1.807, 2.05) is 18.2 Å². The molecule has 158 valence electrons. The van der Waals surface area contributed by atoms with Gasteiger partial charge >= 0.3 is 0 Å². The number of rotatable bonds is 6. The van der Waals surface area contributed by atoms with Crippen LogP contribution in [0.15, 0.2) is 48.5 Å². The minimum atomic E-state index is -0.495. The van der Waals surface area contributed by atoms with Crippen LogP contribution in [0.25, 0.3) is 0 Å². The maximum absolute atomic E-state index is 13.2. The Morgan fingerprint density at radius 3 is 2.57 bits per heavy atom. The molecule has 2 aliphatic rings. The monoisotopic (exact) mass is 411 g/mol. The van der Waals surface area contributed by atoms with Crippen LogP contribution in [0, 0.1) is 16.0 Å². The van der Waals surface area contributed by atoms with E-state index in [-0.39, 0.29) is 17.2 Å². The lowest BCUT2D eigenvalue weighted by Crippen LogP contribution is -2.49. The second-order valence-corrected chi connectivity index (χ2v) is 7.68. The van der Waals surface area contributed by atoms with Gasteiger partial charge in [0.05, 0.1) is 17.1 Å². The van der Waals surface area contributed by atoms with Crippen LogP contribution in [0.2, 0.25) is 0 Å². The van der Waals surface area contributed by atoms with Gasteiger partial charge in [0.15, 0.2) is 0 Å². The molecule has 0 bridgehead atoms. The molecule has 1 amide bonds. The van der Waals surface area contributed by atoms with Crippen molar-refractivity contribution in [2.24, 2.45) is 5.92 Å². The molecule has 0 unspecified atom stereocenters. The van der Waals surface area contributed by atoms with Crippen LogP contribution < -0.4 is 4.74 Å². The average Bonchev–Trinajstić information content (AvgIpc) is 3.28. The van der Waals surface area contributed by atoms with Gasteiger partial charge in [-0.15, -0.1) is 0 Å². The Labute approximate surface area is 175 Å². The zero-order valence-electron chi connectivity index (χ0n) is 16.7. The molecule has 0 aliphatic carbocycles. The topological polar surface area (TPSA) is 85.1 Å². The van der Waals surface area contributed by atoms with Gasteiger partial charge in [-0.2, -0.15) is 0 Å². The van der Waals surface area contributed by atoms with E-state index >= 15 is 0 Å². The fourth-order valence-corrected chi connectivity index (χ4v) is 3.90. The molecule has 0 saturated carbocycles. The van der Waals surface area contributed by atoms with Gasteiger partial charge in [-0.3, -0.25) is 19.8 Å². The van der Waals surface area contributed by atoms with Crippen LogP contribution >= 0.6 is 0 Å². The molecule has 1 atom stereocenters. The van der Waals surface area contributed by atoms with E-state index < -0.39 is 4.92 Å². The molecule has 2 aliphatic heterocycles. The number of nitro groups is 1. The summed E-state index contributed by atoms with van der Waals surface area (Å²) >= 11 is 0. The van der Waals surface area contributed by atoms with Crippen molar-refractivity contribution >= 4 is 11.6 Å². The maximum Gasteiger partial charge on any atom is 0.270 e. The van der Waals surface area contributed by atoms with Crippen LogP contribution in [-0.4, -0.2) is 66.6 Å². The van der Waals surface area contributed by atoms with Crippen molar-refractivity contribution in [3.63, 3.8) is 0 Å². The van der Waals surface area contributed by atoms with Crippen molar-refractivity contribution in [3.8, 4) is 11.5 Å². The minimum absolute atomic E-state index is 0.126. The lowest BCUT2D eigenvalue weighted by atomic mass is 10.1. The van der Waals surface area contributed by atoms with E-state index in [9.17, 15) is 14.9 Å². The molecule has 8 nitrogen and oxygen atoms in total. The lowest BCUT2D eigenvalue weighted by molar-refractivity contribution is -0.384. The highest BCUT2D eigenvalue weighted by atomic mass is 16.6. The van der Waals surface area contributed by atoms with Gasteiger partial charge in [0.25, 0.3) is 11.6 Å². The second kappa shape index (κ2) is 9.23. The van der Waals surface area contributed by atoms with E-state index in [2.05, 4.69) is 4.90 Å². The number of ether oxygens (including phenoxy) is 2. The molecule has 2 aromatic rings. The van der Waals surface area contributed by atoms with Crippen molar-refractivity contribution in [1.29, 1.82) is 0 Å². The fourth-order valence-electron chi connectivity index (χ4n) is 3.90. The number of carbonyl (C=O) groups excluding carboxylic acids is 1. The quantitative estimate of drug-likeness (QED) is 0.536. The zero-order valence-corrected chi connectivity index (χ0v) is 16.7. The Balaban J connectivity index is 1.48. The minimum Gasteiger partial charge on any atom is -0.457 e. The van der Waals surface area contributed by atoms with Crippen molar-refractivity contribution in [2.75, 3.05) is 45.9 Å². The number of amides is 1. The summed E-state index contributed by atoms with van der Waals surface area (Å²) in [4.78, 5) is 28.1. The number of carbonyl (C=O) groups is 1. The highest BCUT2D eigenvalue weighted by molar-refractivity contribution is 5.97. The summed E-state index contributed by atoms with van der Waals surface area (Å²) in [7, 11) is 0. The molecule has 8 heteroatoms. The number of piperazine rings is 1. The summed E-state index contributed by atoms with van der Waals surface area (Å²) in [5, 5.41) is 11.3. The number of non-ortho nitro benzene ring substituents is 1. The van der Waals surface area contributed by atoms with Gasteiger partial charge in [-0.05, 0) is 30.5 Å². The van der Waals surface area contributed by atoms with Crippen LogP contribution in [-0.2, 0) is 4.74 Å². The Morgan fingerprint density at radius 2 is 1.90 bits per heavy atom. The van der Waals surface area contributed by atoms with E-state index in [0.29, 0.717) is 30.5 Å². The fraction of sp³-hybridized carbons (Fsp3) is 0.409. The third-order valence-electron chi connectivity index (χ3n) is 5.58. The summed E-state index contributed by atoms with van der Waals surface area (Å²) in [5.74, 6) is 1.22. The molecule has 2 heterocycles. The van der Waals surface area contributed by atoms with Crippen LogP contribution in [0.5, 0.6) is 11.5 Å². The molecule has 0 radical (unpaired) electrons. The Morgan fingerprint density at radius 1 is 1.13 bits per heavy atom. The number of nitrogens with zero attached hydrogens (tertiary/aromatic N) is 3. The van der Waals surface area contributed by atoms with Crippen molar-refractivity contribution in [2.45, 2.75) is 6.42 Å². The maximum atomic E-state index is 13.2. The van der Waals surface area contributed by atoms with Crippen LogP contribution in [0.1, 0.15) is 16.8 Å². The zero-order chi connectivity index (χ0) is 20.9. The van der Waals surface area contributed by atoms with E-state index in [1.165, 1.54) is 18.2 Å². The molecule has 2 saturated heterocycles. The number of nitro benzene ring substituents is 1. The predicted molar refractivity (Wildman–Crippen MR) is 111 cm³/mol. The van der Waals surface area contributed by atoms with Crippen LogP contribution in [0.4, 0.5) is 5.69 Å². The molecule has 0 aromatic heterocycles. The average molecular weight is 411 g/mol. The largest absolute Gasteiger partial charge is 0.457 e. The van der Waals surface area contributed by atoms with E-state index in [4.69, 9.17) is 9.47 Å². The summed E-state index contributed by atoms with van der Waals surface area (Å²) in [6.45, 7) is 5.37. The normalized spacial score (nSPS) is 19.6. The molecular weight excluding hydrogens is 386 g/mol. The van der Waals surface area contributed by atoms with Gasteiger partial charge < -0.3 is 14.4 Å². The van der Waals surface area contributed by atoms with Gasteiger partial charge in [0.1, 0.15) is 11.5 Å². The van der Waals surface area contributed by atoms with Crippen LogP contribution in [0.3, 0.4) is 0 Å². The Hall–Kier alpha value is -2.97. The number of hydrogen-bond acceptors (Lipinski definition) is 6. The van der Waals surface area contributed by atoms with Crippen molar-refractivity contribution in [1.82, 2.24) is 9.80 Å². The first-order chi connectivity index (χ1) is 14.6. The van der Waals surface area contributed by atoms with E-state index in [1.54, 1.807) is 17.0 Å². The van der Waals surface area contributed by atoms with E-state index in [0.717, 1.165) is 39.3 Å². The summed E-state index contributed by atoms with van der Waals surface area (Å²) in [6, 6.07) is 13.2.